The summed E-state index contributed by atoms with van der Waals surface area (Å²) in [6, 6.07) is 0. The van der Waals surface area contributed by atoms with E-state index in [1.165, 1.54) is 0 Å². The number of anilines is 2. The number of ether oxygens (including phenoxy) is 1. The first kappa shape index (κ1) is 12.2. The van der Waals surface area contributed by atoms with Gasteiger partial charge in [-0.2, -0.15) is 15.1 Å². The summed E-state index contributed by atoms with van der Waals surface area (Å²) in [5.74, 6) is 2.07. The maximum atomic E-state index is 5.38. The van der Waals surface area contributed by atoms with Gasteiger partial charge in [0.15, 0.2) is 5.65 Å². The molecule has 1 saturated heterocycles. The fourth-order valence-corrected chi connectivity index (χ4v) is 2.29. The number of rotatable bonds is 5. The number of aromatic amines is 1. The Bertz CT molecular complexity index is 548. The van der Waals surface area contributed by atoms with E-state index < -0.39 is 0 Å². The van der Waals surface area contributed by atoms with E-state index in [1.54, 1.807) is 13.2 Å². The zero-order chi connectivity index (χ0) is 13.1. The lowest BCUT2D eigenvalue weighted by atomic mass is 10.1. The first-order chi connectivity index (χ1) is 9.36. The Balaban J connectivity index is 1.70. The van der Waals surface area contributed by atoms with Crippen molar-refractivity contribution >= 4 is 22.8 Å². The number of hydrogen-bond acceptors (Lipinski definition) is 6. The van der Waals surface area contributed by atoms with Gasteiger partial charge in [-0.1, -0.05) is 0 Å². The minimum atomic E-state index is 0.587. The summed E-state index contributed by atoms with van der Waals surface area (Å²) in [5, 5.41) is 14.1. The van der Waals surface area contributed by atoms with Crippen molar-refractivity contribution in [3.8, 4) is 0 Å². The second-order valence-electron chi connectivity index (χ2n) is 4.72. The van der Waals surface area contributed by atoms with Gasteiger partial charge in [0.05, 0.1) is 11.6 Å². The third-order valence-corrected chi connectivity index (χ3v) is 3.40. The van der Waals surface area contributed by atoms with Crippen LogP contribution in [0.15, 0.2) is 6.20 Å². The van der Waals surface area contributed by atoms with E-state index in [0.717, 1.165) is 49.5 Å². The molecule has 7 heteroatoms. The largest absolute Gasteiger partial charge is 0.381 e. The van der Waals surface area contributed by atoms with E-state index in [0.29, 0.717) is 11.9 Å². The van der Waals surface area contributed by atoms with Crippen molar-refractivity contribution in [2.24, 2.45) is 5.92 Å². The quantitative estimate of drug-likeness (QED) is 0.751. The molecule has 0 spiro atoms. The lowest BCUT2D eigenvalue weighted by Gasteiger charge is -2.10. The number of aromatic nitrogens is 4. The van der Waals surface area contributed by atoms with Crippen molar-refractivity contribution in [3.05, 3.63) is 6.20 Å². The van der Waals surface area contributed by atoms with Crippen LogP contribution in [0.25, 0.3) is 11.0 Å². The highest BCUT2D eigenvalue weighted by Crippen LogP contribution is 2.21. The summed E-state index contributed by atoms with van der Waals surface area (Å²) < 4.78 is 5.38. The minimum Gasteiger partial charge on any atom is -0.381 e. The van der Waals surface area contributed by atoms with Crippen LogP contribution in [-0.2, 0) is 4.74 Å². The molecule has 0 bridgehead atoms. The molecule has 1 aliphatic heterocycles. The number of fused-ring (bicyclic) bond motifs is 1. The molecule has 0 radical (unpaired) electrons. The van der Waals surface area contributed by atoms with Gasteiger partial charge in [-0.15, -0.1) is 0 Å². The van der Waals surface area contributed by atoms with Gasteiger partial charge >= 0.3 is 0 Å². The van der Waals surface area contributed by atoms with E-state index in [4.69, 9.17) is 4.74 Å². The second-order valence-corrected chi connectivity index (χ2v) is 4.72. The minimum absolute atomic E-state index is 0.587. The molecule has 19 heavy (non-hydrogen) atoms. The predicted octanol–water partition coefficient (Wildman–Crippen LogP) is 1.23. The average Bonchev–Trinajstić information content (AvgIpc) is 3.08. The van der Waals surface area contributed by atoms with Crippen molar-refractivity contribution in [3.63, 3.8) is 0 Å². The van der Waals surface area contributed by atoms with Crippen LogP contribution in [0.5, 0.6) is 0 Å². The van der Waals surface area contributed by atoms with Crippen LogP contribution >= 0.6 is 0 Å². The molecule has 0 amide bonds. The fourth-order valence-electron chi connectivity index (χ4n) is 2.29. The van der Waals surface area contributed by atoms with E-state index in [2.05, 4.69) is 30.8 Å². The molecular weight excluding hydrogens is 244 g/mol. The number of hydrogen-bond donors (Lipinski definition) is 3. The van der Waals surface area contributed by atoms with Crippen LogP contribution in [0.3, 0.4) is 0 Å². The molecule has 1 fully saturated rings. The Morgan fingerprint density at radius 1 is 1.47 bits per heavy atom. The van der Waals surface area contributed by atoms with Gasteiger partial charge in [-0.05, 0) is 18.8 Å². The summed E-state index contributed by atoms with van der Waals surface area (Å²) in [5.41, 5.74) is 0.742. The summed E-state index contributed by atoms with van der Waals surface area (Å²) in [6.07, 6.45) is 4.00. The number of nitrogens with one attached hydrogen (secondary N) is 3. The monoisotopic (exact) mass is 262 g/mol. The van der Waals surface area contributed by atoms with Crippen LogP contribution < -0.4 is 10.6 Å². The molecule has 0 saturated carbocycles. The normalized spacial score (nSPS) is 18.9. The van der Waals surface area contributed by atoms with Crippen LogP contribution in [0.4, 0.5) is 11.8 Å². The van der Waals surface area contributed by atoms with Gasteiger partial charge in [0.25, 0.3) is 0 Å². The highest BCUT2D eigenvalue weighted by molar-refractivity contribution is 5.86. The van der Waals surface area contributed by atoms with Crippen LogP contribution in [0.2, 0.25) is 0 Å². The van der Waals surface area contributed by atoms with Gasteiger partial charge in [-0.3, -0.25) is 5.10 Å². The summed E-state index contributed by atoms with van der Waals surface area (Å²) in [6.45, 7) is 2.66. The Hall–Kier alpha value is -1.89. The van der Waals surface area contributed by atoms with Gasteiger partial charge in [0.1, 0.15) is 5.82 Å². The van der Waals surface area contributed by atoms with Crippen molar-refractivity contribution in [2.45, 2.75) is 12.8 Å². The molecule has 0 aliphatic carbocycles. The molecule has 3 N–H and O–H groups in total. The Morgan fingerprint density at radius 3 is 3.21 bits per heavy atom. The summed E-state index contributed by atoms with van der Waals surface area (Å²) in [7, 11) is 1.80. The first-order valence-electron chi connectivity index (χ1n) is 6.57. The zero-order valence-electron chi connectivity index (χ0n) is 10.9. The molecule has 3 rings (SSSR count). The Morgan fingerprint density at radius 2 is 2.42 bits per heavy atom. The van der Waals surface area contributed by atoms with Crippen LogP contribution in [-0.4, -0.2) is 47.0 Å². The third-order valence-electron chi connectivity index (χ3n) is 3.40. The van der Waals surface area contributed by atoms with Gasteiger partial charge in [-0.25, -0.2) is 0 Å². The topological polar surface area (TPSA) is 87.8 Å². The second kappa shape index (κ2) is 5.40. The van der Waals surface area contributed by atoms with Crippen molar-refractivity contribution in [2.75, 3.05) is 37.4 Å². The van der Waals surface area contributed by atoms with Crippen LogP contribution in [0, 0.1) is 5.92 Å². The van der Waals surface area contributed by atoms with E-state index in [-0.39, 0.29) is 0 Å². The predicted molar refractivity (Wildman–Crippen MR) is 73.3 cm³/mol. The molecule has 1 atom stereocenters. The Kier molecular flexibility index (Phi) is 3.45. The molecule has 0 aromatic carbocycles. The molecule has 3 heterocycles. The van der Waals surface area contributed by atoms with Crippen LogP contribution in [0.1, 0.15) is 12.8 Å². The maximum absolute atomic E-state index is 5.38. The number of nitrogens with zero attached hydrogens (tertiary/aromatic N) is 3. The SMILES string of the molecule is CNc1nc(NCCC2CCOC2)c2cn[nH]c2n1. The van der Waals surface area contributed by atoms with E-state index in [9.17, 15) is 0 Å². The van der Waals surface area contributed by atoms with Crippen molar-refractivity contribution < 1.29 is 4.74 Å². The fraction of sp³-hybridized carbons (Fsp3) is 0.583. The highest BCUT2D eigenvalue weighted by atomic mass is 16.5. The molecule has 1 unspecified atom stereocenters. The molecule has 2 aromatic heterocycles. The molecule has 7 nitrogen and oxygen atoms in total. The smallest absolute Gasteiger partial charge is 0.226 e. The molecule has 2 aromatic rings. The van der Waals surface area contributed by atoms with Gasteiger partial charge in [0.2, 0.25) is 5.95 Å². The van der Waals surface area contributed by atoms with E-state index >= 15 is 0 Å². The molecular formula is C12H18N6O. The molecule has 102 valence electrons. The van der Waals surface area contributed by atoms with E-state index in [1.807, 2.05) is 0 Å². The van der Waals surface area contributed by atoms with Gasteiger partial charge in [0, 0.05) is 26.8 Å². The average molecular weight is 262 g/mol. The summed E-state index contributed by atoms with van der Waals surface area (Å²) >= 11 is 0. The summed E-state index contributed by atoms with van der Waals surface area (Å²) in [4.78, 5) is 8.73. The van der Waals surface area contributed by atoms with Crippen molar-refractivity contribution in [1.82, 2.24) is 20.2 Å². The lowest BCUT2D eigenvalue weighted by Crippen LogP contribution is -2.11. The zero-order valence-corrected chi connectivity index (χ0v) is 10.9. The third kappa shape index (κ3) is 2.60. The van der Waals surface area contributed by atoms with Gasteiger partial charge < -0.3 is 15.4 Å². The number of H-pyrrole nitrogens is 1. The lowest BCUT2D eigenvalue weighted by molar-refractivity contribution is 0.185. The maximum Gasteiger partial charge on any atom is 0.226 e. The standard InChI is InChI=1S/C12H18N6O/c1-13-12-16-10(9-6-15-18-11(9)17-12)14-4-2-8-3-5-19-7-8/h6,8H,2-5,7H2,1H3,(H3,13,14,15,16,17,18). The Labute approximate surface area is 111 Å². The first-order valence-corrected chi connectivity index (χ1v) is 6.57. The van der Waals surface area contributed by atoms with Crippen molar-refractivity contribution in [1.29, 1.82) is 0 Å². The highest BCUT2D eigenvalue weighted by Gasteiger charge is 2.15. The molecule has 1 aliphatic rings.